The van der Waals surface area contributed by atoms with Crippen LogP contribution in [0, 0.1) is 5.82 Å². The fourth-order valence-corrected chi connectivity index (χ4v) is 2.94. The zero-order valence-corrected chi connectivity index (χ0v) is 11.7. The Balaban J connectivity index is 1.86. The summed E-state index contributed by atoms with van der Waals surface area (Å²) in [7, 11) is 0. The third kappa shape index (κ3) is 2.48. The number of carbonyl (C=O) groups is 1. The molecular weight excluding hydrogens is 275 g/mol. The number of aryl methyl sites for hydroxylation is 2. The molecule has 0 aromatic heterocycles. The quantitative estimate of drug-likeness (QED) is 0.766. The predicted molar refractivity (Wildman–Crippen MR) is 77.9 cm³/mol. The molecule has 102 valence electrons. The van der Waals surface area contributed by atoms with Gasteiger partial charge in [0.25, 0.3) is 0 Å². The molecule has 2 aromatic rings. The van der Waals surface area contributed by atoms with Crippen molar-refractivity contribution in [2.45, 2.75) is 25.7 Å². The molecule has 3 heteroatoms. The molecule has 0 saturated carbocycles. The Morgan fingerprint density at radius 2 is 1.95 bits per heavy atom. The summed E-state index contributed by atoms with van der Waals surface area (Å²) in [6.07, 6.45) is 3.26. The van der Waals surface area contributed by atoms with Gasteiger partial charge in [0.05, 0.1) is 0 Å². The van der Waals surface area contributed by atoms with Crippen LogP contribution >= 0.6 is 11.6 Å². The minimum atomic E-state index is -0.424. The molecule has 1 aliphatic carbocycles. The van der Waals surface area contributed by atoms with E-state index in [1.165, 1.54) is 17.2 Å². The lowest BCUT2D eigenvalue weighted by molar-refractivity contribution is 0.0991. The van der Waals surface area contributed by atoms with Crippen molar-refractivity contribution in [3.8, 4) is 0 Å². The molecule has 1 nitrogen and oxygen atoms in total. The molecule has 1 aliphatic rings. The molecule has 0 aliphatic heterocycles. The second-order valence-corrected chi connectivity index (χ2v) is 5.54. The molecule has 0 bridgehead atoms. The van der Waals surface area contributed by atoms with E-state index in [0.29, 0.717) is 10.6 Å². The third-order valence-electron chi connectivity index (χ3n) is 3.82. The molecule has 0 saturated heterocycles. The minimum absolute atomic E-state index is 0.00426. The Morgan fingerprint density at radius 1 is 1.15 bits per heavy atom. The van der Waals surface area contributed by atoms with Crippen molar-refractivity contribution in [3.05, 3.63) is 69.5 Å². The van der Waals surface area contributed by atoms with Gasteiger partial charge in [0.1, 0.15) is 5.82 Å². The van der Waals surface area contributed by atoms with E-state index in [-0.39, 0.29) is 17.8 Å². The standard InChI is InChI=1S/C17H14ClFO/c18-15-5-2-6-16(19)14(15)10-17(20)13-8-7-11-3-1-4-12(11)9-13/h2,5-9H,1,3-4,10H2. The molecule has 3 rings (SSSR count). The van der Waals surface area contributed by atoms with Gasteiger partial charge in [-0.25, -0.2) is 4.39 Å². The highest BCUT2D eigenvalue weighted by Gasteiger charge is 2.16. The van der Waals surface area contributed by atoms with Crippen molar-refractivity contribution in [3.63, 3.8) is 0 Å². The number of benzene rings is 2. The van der Waals surface area contributed by atoms with Crippen LogP contribution in [-0.2, 0) is 19.3 Å². The highest BCUT2D eigenvalue weighted by atomic mass is 35.5. The largest absolute Gasteiger partial charge is 0.294 e. The fourth-order valence-electron chi connectivity index (χ4n) is 2.71. The van der Waals surface area contributed by atoms with Gasteiger partial charge in [-0.1, -0.05) is 29.8 Å². The van der Waals surface area contributed by atoms with Gasteiger partial charge in [-0.05, 0) is 48.6 Å². The first-order valence-electron chi connectivity index (χ1n) is 6.73. The highest BCUT2D eigenvalue weighted by Crippen LogP contribution is 2.25. The van der Waals surface area contributed by atoms with E-state index in [1.807, 2.05) is 18.2 Å². The SMILES string of the molecule is O=C(Cc1c(F)cccc1Cl)c1ccc2c(c1)CCC2. The molecule has 0 heterocycles. The smallest absolute Gasteiger partial charge is 0.167 e. The van der Waals surface area contributed by atoms with Crippen LogP contribution in [0.4, 0.5) is 4.39 Å². The van der Waals surface area contributed by atoms with Crippen LogP contribution in [0.2, 0.25) is 5.02 Å². The number of Topliss-reactive ketones (excluding diaryl/α,β-unsaturated/α-hetero) is 1. The molecule has 0 N–H and O–H groups in total. The van der Waals surface area contributed by atoms with Gasteiger partial charge in [0.2, 0.25) is 0 Å². The van der Waals surface area contributed by atoms with Gasteiger partial charge in [-0.2, -0.15) is 0 Å². The molecule has 0 radical (unpaired) electrons. The normalized spacial score (nSPS) is 13.3. The Kier molecular flexibility index (Phi) is 3.58. The van der Waals surface area contributed by atoms with E-state index in [0.717, 1.165) is 19.3 Å². The molecule has 0 fully saturated rings. The van der Waals surface area contributed by atoms with Crippen LogP contribution in [0.1, 0.15) is 33.5 Å². The van der Waals surface area contributed by atoms with Crippen molar-refractivity contribution >= 4 is 17.4 Å². The van der Waals surface area contributed by atoms with Crippen molar-refractivity contribution in [2.75, 3.05) is 0 Å². The predicted octanol–water partition coefficient (Wildman–Crippen LogP) is 4.39. The Hall–Kier alpha value is -1.67. The van der Waals surface area contributed by atoms with E-state index in [4.69, 9.17) is 11.6 Å². The van der Waals surface area contributed by atoms with Crippen molar-refractivity contribution in [2.24, 2.45) is 0 Å². The molecule has 0 atom stereocenters. The highest BCUT2D eigenvalue weighted by molar-refractivity contribution is 6.31. The van der Waals surface area contributed by atoms with Gasteiger partial charge < -0.3 is 0 Å². The molecule has 0 spiro atoms. The minimum Gasteiger partial charge on any atom is -0.294 e. The van der Waals surface area contributed by atoms with E-state index < -0.39 is 5.82 Å². The van der Waals surface area contributed by atoms with Crippen molar-refractivity contribution in [1.82, 2.24) is 0 Å². The van der Waals surface area contributed by atoms with Crippen molar-refractivity contribution < 1.29 is 9.18 Å². The monoisotopic (exact) mass is 288 g/mol. The van der Waals surface area contributed by atoms with Crippen LogP contribution in [0.5, 0.6) is 0 Å². The second-order valence-electron chi connectivity index (χ2n) is 5.14. The summed E-state index contributed by atoms with van der Waals surface area (Å²) in [5, 5.41) is 0.305. The number of hydrogen-bond donors (Lipinski definition) is 0. The lowest BCUT2D eigenvalue weighted by Gasteiger charge is -2.07. The third-order valence-corrected chi connectivity index (χ3v) is 4.17. The summed E-state index contributed by atoms with van der Waals surface area (Å²) in [6, 6.07) is 10.3. The van der Waals surface area contributed by atoms with Crippen molar-refractivity contribution in [1.29, 1.82) is 0 Å². The molecule has 20 heavy (non-hydrogen) atoms. The summed E-state index contributed by atoms with van der Waals surface area (Å²) in [5.74, 6) is -0.515. The molecule has 0 unspecified atom stereocenters. The lowest BCUT2D eigenvalue weighted by Crippen LogP contribution is -2.06. The Labute approximate surface area is 122 Å². The first-order valence-corrected chi connectivity index (χ1v) is 7.11. The van der Waals surface area contributed by atoms with Gasteiger partial charge >= 0.3 is 0 Å². The summed E-state index contributed by atoms with van der Waals surface area (Å²) in [5.41, 5.74) is 3.49. The van der Waals surface area contributed by atoms with E-state index in [1.54, 1.807) is 12.1 Å². The summed E-state index contributed by atoms with van der Waals surface area (Å²) in [6.45, 7) is 0. The maximum Gasteiger partial charge on any atom is 0.167 e. The summed E-state index contributed by atoms with van der Waals surface area (Å²) >= 11 is 5.96. The second kappa shape index (κ2) is 5.37. The summed E-state index contributed by atoms with van der Waals surface area (Å²) in [4.78, 5) is 12.3. The molecule has 2 aromatic carbocycles. The first-order chi connectivity index (χ1) is 9.65. The van der Waals surface area contributed by atoms with Gasteiger partial charge in [-0.15, -0.1) is 0 Å². The maximum atomic E-state index is 13.7. The fraction of sp³-hybridized carbons (Fsp3) is 0.235. The van der Waals surface area contributed by atoms with Crippen LogP contribution in [0.15, 0.2) is 36.4 Å². The van der Waals surface area contributed by atoms with Gasteiger partial charge in [0.15, 0.2) is 5.78 Å². The van der Waals surface area contributed by atoms with Crippen LogP contribution in [0.25, 0.3) is 0 Å². The average Bonchev–Trinajstić information content (AvgIpc) is 2.90. The van der Waals surface area contributed by atoms with Crippen LogP contribution in [-0.4, -0.2) is 5.78 Å². The lowest BCUT2D eigenvalue weighted by atomic mass is 9.99. The van der Waals surface area contributed by atoms with Crippen LogP contribution in [0.3, 0.4) is 0 Å². The number of hydrogen-bond acceptors (Lipinski definition) is 1. The van der Waals surface area contributed by atoms with Gasteiger partial charge in [0, 0.05) is 22.6 Å². The summed E-state index contributed by atoms with van der Waals surface area (Å²) < 4.78 is 13.7. The number of rotatable bonds is 3. The van der Waals surface area contributed by atoms with E-state index >= 15 is 0 Å². The topological polar surface area (TPSA) is 17.1 Å². The number of carbonyl (C=O) groups excluding carboxylic acids is 1. The maximum absolute atomic E-state index is 13.7. The van der Waals surface area contributed by atoms with E-state index in [2.05, 4.69) is 0 Å². The zero-order chi connectivity index (χ0) is 14.1. The van der Waals surface area contributed by atoms with Crippen LogP contribution < -0.4 is 0 Å². The van der Waals surface area contributed by atoms with E-state index in [9.17, 15) is 9.18 Å². The number of halogens is 2. The average molecular weight is 289 g/mol. The molecule has 0 amide bonds. The number of ketones is 1. The Morgan fingerprint density at radius 3 is 2.75 bits per heavy atom. The first kappa shape index (κ1) is 13.3. The Bertz CT molecular complexity index is 658. The number of fused-ring (bicyclic) bond motifs is 1. The molecular formula is C17H14ClFO. The zero-order valence-electron chi connectivity index (χ0n) is 11.0. The van der Waals surface area contributed by atoms with Gasteiger partial charge in [-0.3, -0.25) is 4.79 Å².